The summed E-state index contributed by atoms with van der Waals surface area (Å²) in [6.07, 6.45) is 9.53. The van der Waals surface area contributed by atoms with Gasteiger partial charge >= 0.3 is 0 Å². The van der Waals surface area contributed by atoms with Gasteiger partial charge in [0.05, 0.1) is 22.5 Å². The maximum absolute atomic E-state index is 5.09. The summed E-state index contributed by atoms with van der Waals surface area (Å²) in [7, 11) is 0. The summed E-state index contributed by atoms with van der Waals surface area (Å²) in [5.74, 6) is 0.886. The lowest BCUT2D eigenvalue weighted by atomic mass is 10.0. The zero-order valence-electron chi connectivity index (χ0n) is 16.7. The van der Waals surface area contributed by atoms with Crippen molar-refractivity contribution in [3.63, 3.8) is 0 Å². The summed E-state index contributed by atoms with van der Waals surface area (Å²) in [6, 6.07) is 5.97. The first-order valence-corrected chi connectivity index (χ1v) is 12.1. The van der Waals surface area contributed by atoms with E-state index in [2.05, 4.69) is 17.2 Å². The minimum absolute atomic E-state index is 0.641. The molecule has 7 heteroatoms. The van der Waals surface area contributed by atoms with Crippen LogP contribution in [0.15, 0.2) is 29.6 Å². The fourth-order valence-corrected chi connectivity index (χ4v) is 5.65. The number of thiophene rings is 1. The number of hydrogen-bond donors (Lipinski definition) is 1. The van der Waals surface area contributed by atoms with Gasteiger partial charge in [0.15, 0.2) is 5.16 Å². The molecule has 0 amide bonds. The van der Waals surface area contributed by atoms with Crippen molar-refractivity contribution in [2.75, 3.05) is 11.6 Å². The molecule has 0 bridgehead atoms. The normalized spacial score (nSPS) is 13.3. The Hall–Kier alpha value is -2.25. The Morgan fingerprint density at radius 2 is 2.03 bits per heavy atom. The topological polar surface area (TPSA) is 63.6 Å². The van der Waals surface area contributed by atoms with Crippen LogP contribution < -0.4 is 5.32 Å². The van der Waals surface area contributed by atoms with Crippen LogP contribution in [0.2, 0.25) is 0 Å². The predicted molar refractivity (Wildman–Crippen MR) is 122 cm³/mol. The number of anilines is 1. The van der Waals surface area contributed by atoms with Crippen LogP contribution in [0, 0.1) is 0 Å². The molecule has 0 radical (unpaired) electrons. The van der Waals surface area contributed by atoms with Gasteiger partial charge in [-0.15, -0.1) is 11.3 Å². The minimum atomic E-state index is 0.641. The maximum atomic E-state index is 5.09. The Bertz CT molecular complexity index is 1190. The number of pyridine rings is 2. The molecule has 4 heterocycles. The quantitative estimate of drug-likeness (QED) is 0.332. The molecule has 29 heavy (non-hydrogen) atoms. The van der Waals surface area contributed by atoms with Gasteiger partial charge in [-0.25, -0.2) is 15.0 Å². The zero-order valence-corrected chi connectivity index (χ0v) is 18.3. The lowest BCUT2D eigenvalue weighted by Crippen LogP contribution is -2.04. The number of aromatic nitrogens is 4. The Morgan fingerprint density at radius 3 is 2.83 bits per heavy atom. The van der Waals surface area contributed by atoms with Crippen molar-refractivity contribution in [2.24, 2.45) is 0 Å². The largest absolute Gasteiger partial charge is 0.363 e. The van der Waals surface area contributed by atoms with E-state index >= 15 is 0 Å². The fraction of sp³-hybridized carbons (Fsp3) is 0.364. The molecule has 0 aliphatic heterocycles. The van der Waals surface area contributed by atoms with Crippen LogP contribution in [0.5, 0.6) is 0 Å². The molecule has 4 aromatic heterocycles. The molecular formula is C22H23N5S2. The van der Waals surface area contributed by atoms with E-state index in [0.29, 0.717) is 6.54 Å². The predicted octanol–water partition coefficient (Wildman–Crippen LogP) is 5.41. The molecule has 0 saturated carbocycles. The summed E-state index contributed by atoms with van der Waals surface area (Å²) in [4.78, 5) is 20.3. The van der Waals surface area contributed by atoms with E-state index in [1.54, 1.807) is 23.1 Å². The Kier molecular flexibility index (Phi) is 5.09. The smallest absolute Gasteiger partial charge is 0.189 e. The summed E-state index contributed by atoms with van der Waals surface area (Å²) < 4.78 is 1.10. The lowest BCUT2D eigenvalue weighted by Gasteiger charge is -2.09. The molecule has 1 aliphatic carbocycles. The van der Waals surface area contributed by atoms with E-state index in [9.17, 15) is 0 Å². The van der Waals surface area contributed by atoms with Crippen molar-refractivity contribution in [3.05, 3.63) is 46.9 Å². The van der Waals surface area contributed by atoms with E-state index in [0.717, 1.165) is 57.4 Å². The third kappa shape index (κ3) is 3.36. The molecule has 148 valence electrons. The van der Waals surface area contributed by atoms with Crippen LogP contribution in [-0.2, 0) is 25.8 Å². The van der Waals surface area contributed by atoms with Crippen molar-refractivity contribution in [3.8, 4) is 0 Å². The van der Waals surface area contributed by atoms with Gasteiger partial charge in [-0.05, 0) is 55.2 Å². The van der Waals surface area contributed by atoms with Gasteiger partial charge < -0.3 is 5.32 Å². The molecule has 0 fully saturated rings. The highest BCUT2D eigenvalue weighted by molar-refractivity contribution is 7.98. The van der Waals surface area contributed by atoms with Gasteiger partial charge in [-0.1, -0.05) is 31.2 Å². The minimum Gasteiger partial charge on any atom is -0.363 e. The van der Waals surface area contributed by atoms with E-state index < -0.39 is 0 Å². The molecule has 5 nitrogen and oxygen atoms in total. The summed E-state index contributed by atoms with van der Waals surface area (Å²) in [5, 5.41) is 5.56. The number of nitrogens with zero attached hydrogens (tertiary/aromatic N) is 4. The van der Waals surface area contributed by atoms with E-state index in [-0.39, 0.29) is 0 Å². The van der Waals surface area contributed by atoms with Gasteiger partial charge in [0, 0.05) is 17.3 Å². The molecule has 0 saturated heterocycles. The van der Waals surface area contributed by atoms with Crippen LogP contribution in [0.3, 0.4) is 0 Å². The van der Waals surface area contributed by atoms with E-state index in [1.807, 2.05) is 30.7 Å². The van der Waals surface area contributed by atoms with Gasteiger partial charge in [-0.3, -0.25) is 4.98 Å². The number of fused-ring (bicyclic) bond motifs is 5. The Balaban J connectivity index is 1.68. The second-order valence-corrected chi connectivity index (χ2v) is 9.09. The van der Waals surface area contributed by atoms with Crippen LogP contribution in [-0.4, -0.2) is 26.2 Å². The first-order valence-electron chi connectivity index (χ1n) is 10.1. The number of aryl methyl sites for hydroxylation is 2. The third-order valence-electron chi connectivity index (χ3n) is 5.43. The first kappa shape index (κ1) is 18.8. The molecule has 5 rings (SSSR count). The molecule has 0 spiro atoms. The van der Waals surface area contributed by atoms with Crippen molar-refractivity contribution >= 4 is 49.3 Å². The zero-order chi connectivity index (χ0) is 19.8. The molecule has 0 aromatic carbocycles. The SMILES string of the molecule is CCCc1nc2sc3c(NCc4ccccn4)nc(SC)nc3c2c2c1CCC2. The number of thioether (sulfide) groups is 1. The van der Waals surface area contributed by atoms with Crippen molar-refractivity contribution in [1.29, 1.82) is 0 Å². The molecule has 0 atom stereocenters. The number of rotatable bonds is 6. The molecule has 1 aliphatic rings. The molecule has 0 unspecified atom stereocenters. The second kappa shape index (κ2) is 7.88. The number of hydrogen-bond acceptors (Lipinski definition) is 7. The van der Waals surface area contributed by atoms with Gasteiger partial charge in [0.25, 0.3) is 0 Å². The summed E-state index contributed by atoms with van der Waals surface area (Å²) >= 11 is 3.30. The Labute approximate surface area is 178 Å². The highest BCUT2D eigenvalue weighted by Gasteiger charge is 2.24. The first-order chi connectivity index (χ1) is 14.3. The average molecular weight is 422 g/mol. The number of nitrogens with one attached hydrogen (secondary N) is 1. The molecule has 4 aromatic rings. The van der Waals surface area contributed by atoms with Crippen LogP contribution in [0.1, 0.15) is 42.3 Å². The van der Waals surface area contributed by atoms with Gasteiger partial charge in [-0.2, -0.15) is 0 Å². The Morgan fingerprint density at radius 1 is 1.14 bits per heavy atom. The van der Waals surface area contributed by atoms with Gasteiger partial charge in [0.1, 0.15) is 10.6 Å². The van der Waals surface area contributed by atoms with Crippen molar-refractivity contribution < 1.29 is 0 Å². The van der Waals surface area contributed by atoms with Crippen LogP contribution in [0.25, 0.3) is 20.4 Å². The standard InChI is InChI=1S/C22H23N5S2/c1-3-7-16-14-9-6-10-15(14)17-18-19(29-21(17)25-16)20(27-22(26-18)28-2)24-12-13-8-4-5-11-23-13/h4-5,8,11H,3,6-7,9-10,12H2,1-2H3,(H,24,26,27). The molecular weight excluding hydrogens is 398 g/mol. The maximum Gasteiger partial charge on any atom is 0.189 e. The van der Waals surface area contributed by atoms with E-state index in [1.165, 1.54) is 28.6 Å². The van der Waals surface area contributed by atoms with Crippen molar-refractivity contribution in [1.82, 2.24) is 19.9 Å². The highest BCUT2D eigenvalue weighted by atomic mass is 32.2. The average Bonchev–Trinajstić information content (AvgIpc) is 3.37. The molecule has 1 N–H and O–H groups in total. The summed E-state index contributed by atoms with van der Waals surface area (Å²) in [5.41, 5.74) is 6.30. The lowest BCUT2D eigenvalue weighted by molar-refractivity contribution is 0.856. The fourth-order valence-electron chi connectivity index (χ4n) is 4.16. The monoisotopic (exact) mass is 421 g/mol. The highest BCUT2D eigenvalue weighted by Crippen LogP contribution is 2.42. The second-order valence-electron chi connectivity index (χ2n) is 7.31. The van der Waals surface area contributed by atoms with Crippen LogP contribution in [0.4, 0.5) is 5.82 Å². The van der Waals surface area contributed by atoms with Gasteiger partial charge in [0.2, 0.25) is 0 Å². The van der Waals surface area contributed by atoms with E-state index in [4.69, 9.17) is 15.0 Å². The third-order valence-corrected chi connectivity index (χ3v) is 7.06. The summed E-state index contributed by atoms with van der Waals surface area (Å²) in [6.45, 7) is 2.87. The van der Waals surface area contributed by atoms with Crippen molar-refractivity contribution in [2.45, 2.75) is 50.7 Å². The van der Waals surface area contributed by atoms with Crippen LogP contribution >= 0.6 is 23.1 Å².